The molecule has 1 aliphatic rings. The van der Waals surface area contributed by atoms with Crippen LogP contribution in [0.5, 0.6) is 0 Å². The molecular weight excluding hydrogens is 194 g/mol. The van der Waals surface area contributed by atoms with Gasteiger partial charge in [-0.25, -0.2) is 4.79 Å². The number of nitrogens with two attached hydrogens (primary N) is 1. The number of carbonyl (C=O) groups excluding carboxylic acids is 1. The third-order valence-corrected chi connectivity index (χ3v) is 2.53. The van der Waals surface area contributed by atoms with Gasteiger partial charge in [0.25, 0.3) is 0 Å². The van der Waals surface area contributed by atoms with Gasteiger partial charge in [0.15, 0.2) is 6.10 Å². The number of carbonyl (C=O) groups is 1. The van der Waals surface area contributed by atoms with E-state index in [1.165, 1.54) is 0 Å². The molecule has 1 aromatic rings. The Morgan fingerprint density at radius 2 is 2.27 bits per heavy atom. The molecule has 0 bridgehead atoms. The Hall–Kier alpha value is -1.55. The van der Waals surface area contributed by atoms with Crippen molar-refractivity contribution in [3.05, 3.63) is 35.4 Å². The quantitative estimate of drug-likeness (QED) is 0.763. The molecule has 2 N–H and O–H groups in total. The molecule has 4 nitrogen and oxygen atoms in total. The van der Waals surface area contributed by atoms with Gasteiger partial charge >= 0.3 is 6.09 Å². The number of fused-ring (bicyclic) bond motifs is 1. The summed E-state index contributed by atoms with van der Waals surface area (Å²) in [5, 5.41) is 0. The van der Waals surface area contributed by atoms with Crippen LogP contribution in [0.2, 0.25) is 0 Å². The van der Waals surface area contributed by atoms with Crippen molar-refractivity contribution in [2.24, 2.45) is 5.73 Å². The first-order chi connectivity index (χ1) is 7.18. The van der Waals surface area contributed by atoms with E-state index in [-0.39, 0.29) is 6.10 Å². The maximum absolute atomic E-state index is 10.8. The first-order valence-electron chi connectivity index (χ1n) is 4.84. The minimum atomic E-state index is -0.771. The summed E-state index contributed by atoms with van der Waals surface area (Å²) >= 11 is 0. The fourth-order valence-electron chi connectivity index (χ4n) is 1.79. The molecule has 2 rings (SSSR count). The summed E-state index contributed by atoms with van der Waals surface area (Å²) in [4.78, 5) is 10.8. The van der Waals surface area contributed by atoms with E-state index in [0.29, 0.717) is 6.61 Å². The monoisotopic (exact) mass is 207 g/mol. The predicted molar refractivity (Wildman–Crippen MR) is 54.1 cm³/mol. The Labute approximate surface area is 88.0 Å². The Balaban J connectivity index is 2.32. The molecule has 4 heteroatoms. The highest BCUT2D eigenvalue weighted by Gasteiger charge is 2.29. The molecule has 0 unspecified atom stereocenters. The molecule has 0 aromatic heterocycles. The summed E-state index contributed by atoms with van der Waals surface area (Å²) in [7, 11) is 0. The van der Waals surface area contributed by atoms with E-state index in [0.717, 1.165) is 11.1 Å². The molecule has 0 saturated heterocycles. The summed E-state index contributed by atoms with van der Waals surface area (Å²) in [6.45, 7) is 2.42. The highest BCUT2D eigenvalue weighted by Crippen LogP contribution is 2.31. The van der Waals surface area contributed by atoms with E-state index >= 15 is 0 Å². The lowest BCUT2D eigenvalue weighted by Gasteiger charge is -2.30. The molecule has 0 radical (unpaired) electrons. The van der Waals surface area contributed by atoms with Crippen molar-refractivity contribution in [1.29, 1.82) is 0 Å². The molecule has 1 amide bonds. The first-order valence-corrected chi connectivity index (χ1v) is 4.84. The lowest BCUT2D eigenvalue weighted by atomic mass is 9.97. The van der Waals surface area contributed by atoms with Crippen molar-refractivity contribution in [1.82, 2.24) is 0 Å². The Bertz CT molecular complexity index is 378. The molecule has 80 valence electrons. The van der Waals surface area contributed by atoms with Crippen LogP contribution in [0.4, 0.5) is 4.79 Å². The van der Waals surface area contributed by atoms with Gasteiger partial charge in [0, 0.05) is 5.56 Å². The average Bonchev–Trinajstić information content (AvgIpc) is 2.22. The third-order valence-electron chi connectivity index (χ3n) is 2.53. The van der Waals surface area contributed by atoms with E-state index < -0.39 is 12.2 Å². The number of rotatable bonds is 1. The van der Waals surface area contributed by atoms with Gasteiger partial charge in [-0.05, 0) is 12.5 Å². The molecule has 0 spiro atoms. The highest BCUT2D eigenvalue weighted by atomic mass is 16.6. The number of ether oxygens (including phenoxy) is 2. The first kappa shape index (κ1) is 9.98. The normalized spacial score (nSPS) is 24.3. The molecule has 1 aliphatic heterocycles. The Kier molecular flexibility index (Phi) is 2.60. The van der Waals surface area contributed by atoms with Crippen LogP contribution in [0, 0.1) is 0 Å². The fourth-order valence-corrected chi connectivity index (χ4v) is 1.79. The zero-order chi connectivity index (χ0) is 10.8. The lowest BCUT2D eigenvalue weighted by molar-refractivity contribution is -0.0566. The van der Waals surface area contributed by atoms with E-state index in [2.05, 4.69) is 0 Å². The van der Waals surface area contributed by atoms with Crippen molar-refractivity contribution in [3.8, 4) is 0 Å². The Morgan fingerprint density at radius 3 is 3.00 bits per heavy atom. The smallest absolute Gasteiger partial charge is 0.405 e. The van der Waals surface area contributed by atoms with Crippen LogP contribution >= 0.6 is 0 Å². The molecule has 1 aromatic carbocycles. The predicted octanol–water partition coefficient (Wildman–Crippen LogP) is 1.74. The van der Waals surface area contributed by atoms with Crippen molar-refractivity contribution in [2.75, 3.05) is 0 Å². The largest absolute Gasteiger partial charge is 0.439 e. The highest BCUT2D eigenvalue weighted by molar-refractivity contribution is 5.65. The second kappa shape index (κ2) is 3.90. The Morgan fingerprint density at radius 1 is 1.53 bits per heavy atom. The van der Waals surface area contributed by atoms with Crippen molar-refractivity contribution >= 4 is 6.09 Å². The van der Waals surface area contributed by atoms with Crippen molar-refractivity contribution in [3.63, 3.8) is 0 Å². The minimum absolute atomic E-state index is 0.160. The summed E-state index contributed by atoms with van der Waals surface area (Å²) in [6, 6.07) is 7.73. The van der Waals surface area contributed by atoms with Gasteiger partial charge in [-0.15, -0.1) is 0 Å². The van der Waals surface area contributed by atoms with Gasteiger partial charge in [0.05, 0.1) is 12.7 Å². The lowest BCUT2D eigenvalue weighted by Crippen LogP contribution is -2.30. The number of amides is 1. The fraction of sp³-hybridized carbons (Fsp3) is 0.364. The SMILES string of the molecule is C[C@@H]1OCc2ccccc2[C@@H]1OC(N)=O. The summed E-state index contributed by atoms with van der Waals surface area (Å²) in [5.41, 5.74) is 7.05. The van der Waals surface area contributed by atoms with E-state index in [1.807, 2.05) is 31.2 Å². The molecule has 0 saturated carbocycles. The van der Waals surface area contributed by atoms with Crippen LogP contribution in [0.15, 0.2) is 24.3 Å². The molecule has 0 aliphatic carbocycles. The zero-order valence-electron chi connectivity index (χ0n) is 8.47. The molecule has 2 atom stereocenters. The molecule has 15 heavy (non-hydrogen) atoms. The van der Waals surface area contributed by atoms with Crippen LogP contribution in [-0.4, -0.2) is 12.2 Å². The standard InChI is InChI=1S/C11H13NO3/c1-7-10(15-11(12)13)9-5-3-2-4-8(9)6-14-7/h2-5,7,10H,6H2,1H3,(H2,12,13)/t7-,10+/m0/s1. The second-order valence-electron chi connectivity index (χ2n) is 3.57. The topological polar surface area (TPSA) is 61.6 Å². The molecule has 1 heterocycles. The number of hydrogen-bond acceptors (Lipinski definition) is 3. The van der Waals surface area contributed by atoms with Gasteiger partial charge in [0.2, 0.25) is 0 Å². The molecule has 0 fully saturated rings. The van der Waals surface area contributed by atoms with Crippen molar-refractivity contribution in [2.45, 2.75) is 25.7 Å². The van der Waals surface area contributed by atoms with Gasteiger partial charge in [0.1, 0.15) is 0 Å². The van der Waals surface area contributed by atoms with Gasteiger partial charge in [-0.1, -0.05) is 24.3 Å². The molecular formula is C11H13NO3. The number of hydrogen-bond donors (Lipinski definition) is 1. The maximum atomic E-state index is 10.8. The van der Waals surface area contributed by atoms with Crippen LogP contribution < -0.4 is 5.73 Å². The summed E-state index contributed by atoms with van der Waals surface area (Å²) in [6.07, 6.45) is -1.33. The van der Waals surface area contributed by atoms with E-state index in [1.54, 1.807) is 0 Å². The number of primary amides is 1. The summed E-state index contributed by atoms with van der Waals surface area (Å²) < 4.78 is 10.5. The van der Waals surface area contributed by atoms with E-state index in [9.17, 15) is 4.79 Å². The summed E-state index contributed by atoms with van der Waals surface area (Å²) in [5.74, 6) is 0. The van der Waals surface area contributed by atoms with Crippen molar-refractivity contribution < 1.29 is 14.3 Å². The second-order valence-corrected chi connectivity index (χ2v) is 3.57. The van der Waals surface area contributed by atoms with Gasteiger partial charge in [-0.2, -0.15) is 0 Å². The van der Waals surface area contributed by atoms with Gasteiger partial charge in [-0.3, -0.25) is 0 Å². The third kappa shape index (κ3) is 1.94. The zero-order valence-corrected chi connectivity index (χ0v) is 8.47. The number of benzene rings is 1. The van der Waals surface area contributed by atoms with Gasteiger partial charge < -0.3 is 15.2 Å². The van der Waals surface area contributed by atoms with E-state index in [4.69, 9.17) is 15.2 Å². The minimum Gasteiger partial charge on any atom is -0.439 e. The van der Waals surface area contributed by atoms with Crippen LogP contribution in [-0.2, 0) is 16.1 Å². The maximum Gasteiger partial charge on any atom is 0.405 e. The van der Waals surface area contributed by atoms with Crippen LogP contribution in [0.3, 0.4) is 0 Å². The van der Waals surface area contributed by atoms with Crippen LogP contribution in [0.25, 0.3) is 0 Å². The van der Waals surface area contributed by atoms with Crippen LogP contribution in [0.1, 0.15) is 24.2 Å². The average molecular weight is 207 g/mol.